The van der Waals surface area contributed by atoms with E-state index in [9.17, 15) is 26.7 Å². The van der Waals surface area contributed by atoms with E-state index in [1.165, 1.54) is 29.0 Å². The van der Waals surface area contributed by atoms with Crippen LogP contribution in [0.4, 0.5) is 18.9 Å². The Morgan fingerprint density at radius 3 is 2.31 bits per heavy atom. The number of hydrogen-bond donors (Lipinski definition) is 3. The molecule has 10 heteroatoms. The van der Waals surface area contributed by atoms with Crippen molar-refractivity contribution >= 4 is 32.5 Å². The van der Waals surface area contributed by atoms with Gasteiger partial charge in [0.15, 0.2) is 0 Å². The smallest absolute Gasteiger partial charge is 0.508 e. The number of aromatic amines is 1. The number of rotatable bonds is 5. The molecule has 0 unspecified atom stereocenters. The zero-order valence-corrected chi connectivity index (χ0v) is 17.1. The van der Waals surface area contributed by atoms with Crippen LogP contribution in [0.5, 0.6) is 0 Å². The van der Waals surface area contributed by atoms with E-state index in [0.717, 1.165) is 11.1 Å². The molecule has 0 aliphatic rings. The molecule has 0 atom stereocenters. The van der Waals surface area contributed by atoms with Crippen LogP contribution in [0.2, 0.25) is 0 Å². The number of aliphatic hydroxyl groups excluding tert-OH is 1. The number of sulfonamides is 1. The van der Waals surface area contributed by atoms with Crippen LogP contribution >= 0.6 is 0 Å². The Morgan fingerprint density at radius 1 is 1.00 bits per heavy atom. The van der Waals surface area contributed by atoms with Gasteiger partial charge in [0, 0.05) is 16.8 Å². The number of anilines is 1. The number of hydrogen-bond acceptors (Lipinski definition) is 4. The quantitative estimate of drug-likeness (QED) is 0.334. The van der Waals surface area contributed by atoms with Crippen molar-refractivity contribution in [3.8, 4) is 22.5 Å². The van der Waals surface area contributed by atoms with Gasteiger partial charge in [-0.15, -0.1) is 0 Å². The van der Waals surface area contributed by atoms with Crippen LogP contribution in [0.15, 0.2) is 73.3 Å². The number of halogens is 3. The van der Waals surface area contributed by atoms with Gasteiger partial charge in [0.05, 0.1) is 11.0 Å². The first-order chi connectivity index (χ1) is 15.0. The summed E-state index contributed by atoms with van der Waals surface area (Å²) in [5, 5.41) is 9.85. The second-order valence-corrected chi connectivity index (χ2v) is 8.61. The highest BCUT2D eigenvalue weighted by molar-refractivity contribution is 7.93. The van der Waals surface area contributed by atoms with Crippen molar-refractivity contribution in [2.45, 2.75) is 5.51 Å². The van der Waals surface area contributed by atoms with Gasteiger partial charge in [-0.25, -0.2) is 4.98 Å². The molecule has 0 saturated heterocycles. The van der Waals surface area contributed by atoms with E-state index < -0.39 is 15.5 Å². The highest BCUT2D eigenvalue weighted by Crippen LogP contribution is 2.31. The lowest BCUT2D eigenvalue weighted by molar-refractivity contribution is -0.0429. The number of fused-ring (bicyclic) bond motifs is 1. The van der Waals surface area contributed by atoms with Gasteiger partial charge >= 0.3 is 15.5 Å². The summed E-state index contributed by atoms with van der Waals surface area (Å²) in [6, 6.07) is 18.1. The molecule has 4 aromatic rings. The lowest BCUT2D eigenvalue weighted by Gasteiger charge is -2.10. The fraction of sp³-hybridized carbons (Fsp3) is 0.0455. The summed E-state index contributed by atoms with van der Waals surface area (Å²) in [4.78, 5) is 7.63. The number of nitrogens with one attached hydrogen (secondary N) is 2. The maximum Gasteiger partial charge on any atom is 0.516 e. The van der Waals surface area contributed by atoms with Gasteiger partial charge < -0.3 is 10.1 Å². The van der Waals surface area contributed by atoms with Crippen molar-refractivity contribution < 1.29 is 26.7 Å². The van der Waals surface area contributed by atoms with Crippen LogP contribution in [-0.4, -0.2) is 29.0 Å². The first-order valence-electron chi connectivity index (χ1n) is 9.22. The van der Waals surface area contributed by atoms with Crippen molar-refractivity contribution in [1.29, 1.82) is 0 Å². The molecule has 1 aromatic heterocycles. The van der Waals surface area contributed by atoms with E-state index in [1.54, 1.807) is 18.2 Å². The number of aliphatic hydroxyl groups is 1. The summed E-state index contributed by atoms with van der Waals surface area (Å²) < 4.78 is 61.5. The largest absolute Gasteiger partial charge is 0.516 e. The molecule has 6 nitrogen and oxygen atoms in total. The zero-order chi connectivity index (χ0) is 23.1. The van der Waals surface area contributed by atoms with Gasteiger partial charge in [0.1, 0.15) is 11.6 Å². The van der Waals surface area contributed by atoms with Crippen molar-refractivity contribution in [3.63, 3.8) is 0 Å². The number of aromatic nitrogens is 2. The number of imidazole rings is 1. The van der Waals surface area contributed by atoms with Crippen molar-refractivity contribution in [2.75, 3.05) is 4.72 Å². The first-order valence-corrected chi connectivity index (χ1v) is 10.7. The topological polar surface area (TPSA) is 95.1 Å². The standard InChI is InChI=1S/C22H16F3N3O3S/c1-13(29)17-4-2-3-5-18(17)15-8-11-19-20(12-15)27-21(26-19)14-6-9-16(10-7-14)28-32(30,31)22(23,24)25/h2-12,28-29H,1H2,(H,26,27). The SMILES string of the molecule is C=C(O)c1ccccc1-c1ccc2nc(-c3ccc(NS(=O)(=O)C(F)(F)F)cc3)[nH]c2c1. The van der Waals surface area contributed by atoms with Gasteiger partial charge in [-0.1, -0.05) is 36.9 Å². The summed E-state index contributed by atoms with van der Waals surface area (Å²) >= 11 is 0. The molecular weight excluding hydrogens is 443 g/mol. The number of alkyl halides is 3. The van der Waals surface area contributed by atoms with Gasteiger partial charge in [0.2, 0.25) is 0 Å². The van der Waals surface area contributed by atoms with E-state index >= 15 is 0 Å². The molecule has 3 N–H and O–H groups in total. The lowest BCUT2D eigenvalue weighted by Crippen LogP contribution is -2.29. The highest BCUT2D eigenvalue weighted by atomic mass is 32.2. The van der Waals surface area contributed by atoms with E-state index in [4.69, 9.17) is 0 Å². The summed E-state index contributed by atoms with van der Waals surface area (Å²) in [5.41, 5.74) is -1.47. The fourth-order valence-electron chi connectivity index (χ4n) is 3.21. The Bertz CT molecular complexity index is 1430. The molecule has 0 saturated carbocycles. The Balaban J connectivity index is 1.65. The molecule has 0 spiro atoms. The Kier molecular flexibility index (Phi) is 5.17. The second kappa shape index (κ2) is 7.72. The number of benzene rings is 3. The van der Waals surface area contributed by atoms with Crippen LogP contribution < -0.4 is 4.72 Å². The molecule has 1 heterocycles. The summed E-state index contributed by atoms with van der Waals surface area (Å²) in [6.07, 6.45) is 0. The van der Waals surface area contributed by atoms with Crippen LogP contribution in [0.1, 0.15) is 5.56 Å². The summed E-state index contributed by atoms with van der Waals surface area (Å²) in [6.45, 7) is 3.59. The van der Waals surface area contributed by atoms with E-state index in [0.29, 0.717) is 28.0 Å². The first kappa shape index (κ1) is 21.4. The molecule has 0 fully saturated rings. The molecule has 0 amide bonds. The van der Waals surface area contributed by atoms with Crippen molar-refractivity contribution in [2.24, 2.45) is 0 Å². The minimum absolute atomic E-state index is 0.0489. The van der Waals surface area contributed by atoms with Crippen LogP contribution in [0.3, 0.4) is 0 Å². The molecular formula is C22H16F3N3O3S. The third-order valence-electron chi connectivity index (χ3n) is 4.75. The minimum atomic E-state index is -5.49. The molecule has 0 aliphatic carbocycles. The van der Waals surface area contributed by atoms with Gasteiger partial charge in [0.25, 0.3) is 0 Å². The number of nitrogens with zero attached hydrogens (tertiary/aromatic N) is 1. The third-order valence-corrected chi connectivity index (χ3v) is 5.86. The highest BCUT2D eigenvalue weighted by Gasteiger charge is 2.46. The molecule has 0 aliphatic heterocycles. The predicted molar refractivity (Wildman–Crippen MR) is 117 cm³/mol. The Labute approximate surface area is 181 Å². The average molecular weight is 459 g/mol. The van der Waals surface area contributed by atoms with E-state index in [1.807, 2.05) is 24.3 Å². The van der Waals surface area contributed by atoms with Crippen molar-refractivity contribution in [1.82, 2.24) is 9.97 Å². The van der Waals surface area contributed by atoms with E-state index in [-0.39, 0.29) is 11.4 Å². The van der Waals surface area contributed by atoms with Crippen LogP contribution in [0, 0.1) is 0 Å². The van der Waals surface area contributed by atoms with Gasteiger partial charge in [-0.3, -0.25) is 4.72 Å². The van der Waals surface area contributed by atoms with Crippen LogP contribution in [-0.2, 0) is 10.0 Å². The fourth-order valence-corrected chi connectivity index (χ4v) is 3.77. The molecule has 3 aromatic carbocycles. The summed E-state index contributed by atoms with van der Waals surface area (Å²) in [7, 11) is -5.49. The normalized spacial score (nSPS) is 12.1. The van der Waals surface area contributed by atoms with Crippen molar-refractivity contribution in [3.05, 3.63) is 78.9 Å². The Hall–Kier alpha value is -3.79. The maximum absolute atomic E-state index is 12.5. The molecule has 164 valence electrons. The molecule has 32 heavy (non-hydrogen) atoms. The minimum Gasteiger partial charge on any atom is -0.508 e. The number of H-pyrrole nitrogens is 1. The zero-order valence-electron chi connectivity index (χ0n) is 16.3. The average Bonchev–Trinajstić information content (AvgIpc) is 3.16. The maximum atomic E-state index is 12.5. The van der Waals surface area contributed by atoms with Gasteiger partial charge in [-0.2, -0.15) is 21.6 Å². The lowest BCUT2D eigenvalue weighted by atomic mass is 9.98. The van der Waals surface area contributed by atoms with Crippen LogP contribution in [0.25, 0.3) is 39.3 Å². The third kappa shape index (κ3) is 4.04. The van der Waals surface area contributed by atoms with Gasteiger partial charge in [-0.05, 0) is 47.5 Å². The van der Waals surface area contributed by atoms with E-state index in [2.05, 4.69) is 16.5 Å². The summed E-state index contributed by atoms with van der Waals surface area (Å²) in [5.74, 6) is 0.412. The Morgan fingerprint density at radius 2 is 1.66 bits per heavy atom. The molecule has 4 rings (SSSR count). The monoisotopic (exact) mass is 459 g/mol. The molecule has 0 bridgehead atoms. The molecule has 0 radical (unpaired) electrons. The second-order valence-electron chi connectivity index (χ2n) is 6.94. The predicted octanol–water partition coefficient (Wildman–Crippen LogP) is 5.69.